The summed E-state index contributed by atoms with van der Waals surface area (Å²) in [7, 11) is 0. The van der Waals surface area contributed by atoms with Crippen LogP contribution in [0.1, 0.15) is 31.2 Å². The third kappa shape index (κ3) is 8.05. The predicted molar refractivity (Wildman–Crippen MR) is 138 cm³/mol. The van der Waals surface area contributed by atoms with Crippen molar-refractivity contribution in [3.8, 4) is 5.75 Å². The molecule has 1 aliphatic rings. The van der Waals surface area contributed by atoms with Gasteiger partial charge in [0.05, 0.1) is 4.91 Å². The molecule has 2 N–H and O–H groups in total. The average molecular weight is 537 g/mol. The molecule has 1 heterocycles. The van der Waals surface area contributed by atoms with Crippen molar-refractivity contribution in [2.45, 2.75) is 25.7 Å². The molecule has 0 saturated carbocycles. The Labute approximate surface area is 216 Å². The Morgan fingerprint density at radius 2 is 1.91 bits per heavy atom. The number of ether oxygens (including phenoxy) is 1. The third-order valence-corrected chi connectivity index (χ3v) is 6.50. The van der Waals surface area contributed by atoms with Gasteiger partial charge in [0.2, 0.25) is 0 Å². The van der Waals surface area contributed by atoms with Crippen molar-refractivity contribution in [2.75, 3.05) is 18.5 Å². The van der Waals surface area contributed by atoms with E-state index < -0.39 is 17.7 Å². The summed E-state index contributed by atoms with van der Waals surface area (Å²) in [5.41, 5.74) is 0.942. The number of carbonyl (C=O) groups excluding carboxylic acids is 2. The average Bonchev–Trinajstić information content (AvgIpc) is 3.07. The molecular weight excluding hydrogens is 515 g/mol. The Morgan fingerprint density at radius 1 is 1.17 bits per heavy atom. The Bertz CT molecular complexity index is 1160. The lowest BCUT2D eigenvalue weighted by Crippen LogP contribution is -2.29. The van der Waals surface area contributed by atoms with Gasteiger partial charge in [-0.1, -0.05) is 42.0 Å². The van der Waals surface area contributed by atoms with Gasteiger partial charge in [-0.2, -0.15) is 0 Å². The van der Waals surface area contributed by atoms with Gasteiger partial charge in [0.15, 0.2) is 6.61 Å². The maximum Gasteiger partial charge on any atom is 0.303 e. The van der Waals surface area contributed by atoms with Crippen molar-refractivity contribution in [1.82, 2.24) is 4.90 Å². The molecule has 2 aromatic carbocycles. The normalized spacial score (nSPS) is 14.5. The van der Waals surface area contributed by atoms with Crippen molar-refractivity contribution in [3.05, 3.63) is 63.8 Å². The molecule has 184 valence electrons. The fourth-order valence-electron chi connectivity index (χ4n) is 3.19. The number of benzene rings is 2. The van der Waals surface area contributed by atoms with E-state index in [4.69, 9.17) is 33.7 Å². The van der Waals surface area contributed by atoms with Crippen LogP contribution in [0.4, 0.5) is 10.1 Å². The number of carboxylic acid groups (broad SMARTS) is 1. The first-order valence-corrected chi connectivity index (χ1v) is 12.3. The van der Waals surface area contributed by atoms with E-state index in [2.05, 4.69) is 5.32 Å². The van der Waals surface area contributed by atoms with Gasteiger partial charge < -0.3 is 15.2 Å². The lowest BCUT2D eigenvalue weighted by Gasteiger charge is -2.14. The number of anilines is 1. The number of amides is 2. The number of rotatable bonds is 11. The van der Waals surface area contributed by atoms with E-state index in [-0.39, 0.29) is 18.9 Å². The highest BCUT2D eigenvalue weighted by molar-refractivity contribution is 8.26. The fourth-order valence-corrected chi connectivity index (χ4v) is 4.67. The van der Waals surface area contributed by atoms with Crippen LogP contribution in [0.2, 0.25) is 5.02 Å². The summed E-state index contributed by atoms with van der Waals surface area (Å²) in [5.74, 6) is -1.59. The molecule has 11 heteroatoms. The minimum absolute atomic E-state index is 0.0950. The van der Waals surface area contributed by atoms with Gasteiger partial charge in [-0.05, 0) is 61.4 Å². The van der Waals surface area contributed by atoms with Crippen LogP contribution in [0.15, 0.2) is 47.4 Å². The van der Waals surface area contributed by atoms with Gasteiger partial charge in [0.1, 0.15) is 15.9 Å². The minimum Gasteiger partial charge on any atom is -0.483 e. The van der Waals surface area contributed by atoms with Gasteiger partial charge in [-0.25, -0.2) is 4.39 Å². The molecule has 0 bridgehead atoms. The van der Waals surface area contributed by atoms with Crippen molar-refractivity contribution < 1.29 is 28.6 Å². The molecule has 0 aliphatic carbocycles. The third-order valence-electron chi connectivity index (χ3n) is 4.89. The Morgan fingerprint density at radius 3 is 2.63 bits per heavy atom. The number of halogens is 2. The highest BCUT2D eigenvalue weighted by Crippen LogP contribution is 2.35. The molecule has 0 unspecified atom stereocenters. The van der Waals surface area contributed by atoms with Crippen LogP contribution >= 0.6 is 35.6 Å². The smallest absolute Gasteiger partial charge is 0.303 e. The van der Waals surface area contributed by atoms with Crippen molar-refractivity contribution in [2.24, 2.45) is 0 Å². The molecule has 3 rings (SSSR count). The van der Waals surface area contributed by atoms with Crippen LogP contribution in [0.3, 0.4) is 0 Å². The molecule has 0 atom stereocenters. The zero-order valence-electron chi connectivity index (χ0n) is 18.5. The summed E-state index contributed by atoms with van der Waals surface area (Å²) < 4.78 is 19.1. The lowest BCUT2D eigenvalue weighted by atomic mass is 10.1. The SMILES string of the molecule is O=C(O)CCCCCN1C(=O)/C(=C/c2cc(Cl)ccc2OCC(=O)Nc2ccc(F)cc2)SC1=S. The highest BCUT2D eigenvalue weighted by atomic mass is 35.5. The maximum atomic E-state index is 13.0. The van der Waals surface area contributed by atoms with Crippen LogP contribution in [0.5, 0.6) is 5.75 Å². The molecule has 0 radical (unpaired) electrons. The van der Waals surface area contributed by atoms with E-state index in [1.165, 1.54) is 29.2 Å². The topological polar surface area (TPSA) is 95.9 Å². The zero-order chi connectivity index (χ0) is 25.4. The molecule has 1 saturated heterocycles. The lowest BCUT2D eigenvalue weighted by molar-refractivity contribution is -0.137. The first kappa shape index (κ1) is 26.7. The van der Waals surface area contributed by atoms with Crippen LogP contribution in [0.25, 0.3) is 6.08 Å². The number of hydrogen-bond acceptors (Lipinski definition) is 6. The molecule has 35 heavy (non-hydrogen) atoms. The van der Waals surface area contributed by atoms with Crippen molar-refractivity contribution in [1.29, 1.82) is 0 Å². The quantitative estimate of drug-likeness (QED) is 0.227. The van der Waals surface area contributed by atoms with E-state index in [0.717, 1.165) is 11.8 Å². The molecular formula is C24H22ClFN2O5S2. The summed E-state index contributed by atoms with van der Waals surface area (Å²) in [4.78, 5) is 37.6. The molecule has 7 nitrogen and oxygen atoms in total. The predicted octanol–water partition coefficient (Wildman–Crippen LogP) is 5.34. The second-order valence-electron chi connectivity index (χ2n) is 7.56. The Balaban J connectivity index is 1.63. The highest BCUT2D eigenvalue weighted by Gasteiger charge is 2.31. The molecule has 1 aliphatic heterocycles. The second-order valence-corrected chi connectivity index (χ2v) is 9.68. The fraction of sp³-hybridized carbons (Fsp3) is 0.250. The van der Waals surface area contributed by atoms with E-state index in [0.29, 0.717) is 57.1 Å². The molecule has 2 amide bonds. The summed E-state index contributed by atoms with van der Waals surface area (Å²) >= 11 is 12.6. The van der Waals surface area contributed by atoms with E-state index in [1.807, 2.05) is 0 Å². The van der Waals surface area contributed by atoms with E-state index in [1.54, 1.807) is 24.3 Å². The standard InChI is InChI=1S/C24H22ClFN2O5S2/c25-16-5-10-19(33-14-21(29)27-18-8-6-17(26)7-9-18)15(12-16)13-20-23(32)28(24(34)35-20)11-3-1-2-4-22(30)31/h5-10,12-13H,1-4,11,14H2,(H,27,29)(H,30,31)/b20-13-. The van der Waals surface area contributed by atoms with Gasteiger partial charge in [0.25, 0.3) is 11.8 Å². The number of unbranched alkanes of at least 4 members (excludes halogenated alkanes) is 2. The summed E-state index contributed by atoms with van der Waals surface area (Å²) in [6, 6.07) is 10.2. The zero-order valence-corrected chi connectivity index (χ0v) is 20.9. The van der Waals surface area contributed by atoms with Crippen molar-refractivity contribution in [3.63, 3.8) is 0 Å². The summed E-state index contributed by atoms with van der Waals surface area (Å²) in [6.07, 6.45) is 3.56. The van der Waals surface area contributed by atoms with E-state index in [9.17, 15) is 18.8 Å². The minimum atomic E-state index is -0.842. The van der Waals surface area contributed by atoms with Gasteiger partial charge in [-0.15, -0.1) is 0 Å². The molecule has 0 aromatic heterocycles. The number of carbonyl (C=O) groups is 3. The van der Waals surface area contributed by atoms with Crippen LogP contribution < -0.4 is 10.1 Å². The second kappa shape index (κ2) is 12.7. The van der Waals surface area contributed by atoms with Gasteiger partial charge in [-0.3, -0.25) is 19.3 Å². The monoisotopic (exact) mass is 536 g/mol. The van der Waals surface area contributed by atoms with Crippen LogP contribution in [-0.4, -0.2) is 45.3 Å². The molecule has 2 aromatic rings. The number of thioether (sulfide) groups is 1. The molecule has 1 fully saturated rings. The number of thiocarbonyl (C=S) groups is 1. The van der Waals surface area contributed by atoms with Gasteiger partial charge >= 0.3 is 5.97 Å². The number of hydrogen-bond donors (Lipinski definition) is 2. The summed E-state index contributed by atoms with van der Waals surface area (Å²) in [6.45, 7) is 0.0984. The number of nitrogens with zero attached hydrogens (tertiary/aromatic N) is 1. The van der Waals surface area contributed by atoms with Crippen molar-refractivity contribution >= 4 is 69.4 Å². The number of nitrogens with one attached hydrogen (secondary N) is 1. The Hall–Kier alpha value is -2.95. The van der Waals surface area contributed by atoms with Gasteiger partial charge in [0, 0.05) is 29.2 Å². The number of carboxylic acids is 1. The first-order valence-electron chi connectivity index (χ1n) is 10.7. The summed E-state index contributed by atoms with van der Waals surface area (Å²) in [5, 5.41) is 11.8. The molecule has 0 spiro atoms. The Kier molecular flexibility index (Phi) is 9.64. The van der Waals surface area contributed by atoms with Crippen LogP contribution in [0, 0.1) is 5.82 Å². The van der Waals surface area contributed by atoms with E-state index >= 15 is 0 Å². The largest absolute Gasteiger partial charge is 0.483 e. The number of aliphatic carboxylic acids is 1. The maximum absolute atomic E-state index is 13.0. The first-order chi connectivity index (χ1) is 16.7. The van der Waals surface area contributed by atoms with Crippen LogP contribution in [-0.2, 0) is 14.4 Å².